The standard InChI is InChI=1S/C20H18F3N5O/c1-12(20(21,22)23)24-19(29)17-10-16-15(8-9-18-26-25-13(2)28(16)18)27(17)11-14-6-4-3-5-7-14/h3-10,12H,11H2,1-2H3,(H,24,29)/t12-/m1/s1. The molecule has 1 N–H and O–H groups in total. The van der Waals surface area contributed by atoms with E-state index in [1.54, 1.807) is 34.1 Å². The Morgan fingerprint density at radius 2 is 1.83 bits per heavy atom. The third kappa shape index (κ3) is 3.43. The van der Waals surface area contributed by atoms with E-state index in [9.17, 15) is 18.0 Å². The normalized spacial score (nSPS) is 13.1. The second-order valence-corrected chi connectivity index (χ2v) is 6.88. The van der Waals surface area contributed by atoms with Crippen molar-refractivity contribution < 1.29 is 18.0 Å². The van der Waals surface area contributed by atoms with Crippen molar-refractivity contribution >= 4 is 22.6 Å². The first kappa shape index (κ1) is 19.0. The van der Waals surface area contributed by atoms with E-state index in [4.69, 9.17) is 0 Å². The zero-order valence-electron chi connectivity index (χ0n) is 15.7. The lowest BCUT2D eigenvalue weighted by Gasteiger charge is -2.18. The Hall–Kier alpha value is -3.36. The summed E-state index contributed by atoms with van der Waals surface area (Å²) in [5.74, 6) is -0.168. The van der Waals surface area contributed by atoms with Crippen LogP contribution in [0.4, 0.5) is 13.2 Å². The van der Waals surface area contributed by atoms with Gasteiger partial charge in [-0.3, -0.25) is 9.20 Å². The molecule has 0 bridgehead atoms. The molecular weight excluding hydrogens is 383 g/mol. The second kappa shape index (κ2) is 6.91. The molecule has 0 unspecified atom stereocenters. The smallest absolute Gasteiger partial charge is 0.339 e. The number of nitrogens with zero attached hydrogens (tertiary/aromatic N) is 4. The summed E-state index contributed by atoms with van der Waals surface area (Å²) in [4.78, 5) is 12.8. The summed E-state index contributed by atoms with van der Waals surface area (Å²) < 4.78 is 42.4. The van der Waals surface area contributed by atoms with Crippen molar-refractivity contribution in [1.29, 1.82) is 0 Å². The molecule has 0 aliphatic carbocycles. The molecule has 4 aromatic rings. The molecule has 0 saturated heterocycles. The van der Waals surface area contributed by atoms with Crippen LogP contribution in [0.25, 0.3) is 16.7 Å². The first-order chi connectivity index (χ1) is 13.8. The number of benzene rings is 1. The van der Waals surface area contributed by atoms with E-state index in [0.717, 1.165) is 12.5 Å². The number of rotatable bonds is 4. The van der Waals surface area contributed by atoms with Gasteiger partial charge in [0, 0.05) is 6.54 Å². The number of aryl methyl sites for hydroxylation is 1. The zero-order chi connectivity index (χ0) is 20.8. The molecule has 3 heterocycles. The molecule has 150 valence electrons. The maximum Gasteiger partial charge on any atom is 0.408 e. The highest BCUT2D eigenvalue weighted by molar-refractivity contribution is 5.98. The van der Waals surface area contributed by atoms with Crippen LogP contribution in [0.1, 0.15) is 28.8 Å². The first-order valence-corrected chi connectivity index (χ1v) is 9.01. The van der Waals surface area contributed by atoms with Crippen LogP contribution >= 0.6 is 0 Å². The SMILES string of the molecule is Cc1nnc2ccc3c(cc(C(=O)N[C@H](C)C(F)(F)F)n3Cc3ccccc3)n12. The minimum absolute atomic E-state index is 0.139. The van der Waals surface area contributed by atoms with Crippen molar-refractivity contribution in [1.82, 2.24) is 24.5 Å². The highest BCUT2D eigenvalue weighted by Gasteiger charge is 2.37. The number of halogens is 3. The Bertz CT molecular complexity index is 1190. The lowest BCUT2D eigenvalue weighted by Crippen LogP contribution is -2.43. The summed E-state index contributed by atoms with van der Waals surface area (Å²) >= 11 is 0. The number of nitrogens with one attached hydrogen (secondary N) is 1. The zero-order valence-corrected chi connectivity index (χ0v) is 15.7. The van der Waals surface area contributed by atoms with E-state index in [2.05, 4.69) is 15.5 Å². The van der Waals surface area contributed by atoms with E-state index in [1.807, 2.05) is 30.3 Å². The topological polar surface area (TPSA) is 64.2 Å². The fourth-order valence-corrected chi connectivity index (χ4v) is 3.32. The summed E-state index contributed by atoms with van der Waals surface area (Å²) in [6.45, 7) is 3.03. The van der Waals surface area contributed by atoms with Gasteiger partial charge in [-0.2, -0.15) is 13.2 Å². The summed E-state index contributed by atoms with van der Waals surface area (Å²) in [7, 11) is 0. The number of alkyl halides is 3. The van der Waals surface area contributed by atoms with E-state index in [0.29, 0.717) is 29.0 Å². The average molecular weight is 401 g/mol. The fourth-order valence-electron chi connectivity index (χ4n) is 3.32. The third-order valence-electron chi connectivity index (χ3n) is 4.85. The molecule has 0 aliphatic heterocycles. The highest BCUT2D eigenvalue weighted by atomic mass is 19.4. The number of aromatic nitrogens is 4. The summed E-state index contributed by atoms with van der Waals surface area (Å²) in [5, 5.41) is 10.2. The van der Waals surface area contributed by atoms with Crippen molar-refractivity contribution in [3.8, 4) is 0 Å². The lowest BCUT2D eigenvalue weighted by atomic mass is 10.2. The fraction of sp³-hybridized carbons (Fsp3) is 0.250. The van der Waals surface area contributed by atoms with Gasteiger partial charge in [-0.05, 0) is 37.6 Å². The van der Waals surface area contributed by atoms with Crippen molar-refractivity contribution in [3.05, 3.63) is 65.6 Å². The molecule has 3 aromatic heterocycles. The second-order valence-electron chi connectivity index (χ2n) is 6.88. The van der Waals surface area contributed by atoms with Gasteiger partial charge in [0.2, 0.25) is 0 Å². The van der Waals surface area contributed by atoms with Gasteiger partial charge in [-0.15, -0.1) is 10.2 Å². The molecular formula is C20H18F3N5O. The number of pyridine rings is 1. The number of hydrogen-bond acceptors (Lipinski definition) is 3. The van der Waals surface area contributed by atoms with Crippen LogP contribution in [0.3, 0.4) is 0 Å². The van der Waals surface area contributed by atoms with Gasteiger partial charge in [0.25, 0.3) is 5.91 Å². The molecule has 0 aliphatic rings. The van der Waals surface area contributed by atoms with Crippen LogP contribution in [0, 0.1) is 6.92 Å². The summed E-state index contributed by atoms with van der Waals surface area (Å²) in [6, 6.07) is 12.6. The minimum atomic E-state index is -4.52. The number of hydrogen-bond donors (Lipinski definition) is 1. The minimum Gasteiger partial charge on any atom is -0.339 e. The van der Waals surface area contributed by atoms with Gasteiger partial charge in [0.05, 0.1) is 11.0 Å². The Morgan fingerprint density at radius 3 is 2.52 bits per heavy atom. The van der Waals surface area contributed by atoms with Gasteiger partial charge in [0.1, 0.15) is 17.6 Å². The Kier molecular flexibility index (Phi) is 4.52. The molecule has 0 saturated carbocycles. The van der Waals surface area contributed by atoms with Crippen LogP contribution in [-0.2, 0) is 6.54 Å². The number of carbonyl (C=O) groups is 1. The molecule has 4 rings (SSSR count). The Balaban J connectivity index is 1.87. The predicted octanol–water partition coefficient (Wildman–Crippen LogP) is 3.72. The van der Waals surface area contributed by atoms with Crippen LogP contribution in [0.5, 0.6) is 0 Å². The quantitative estimate of drug-likeness (QED) is 0.567. The first-order valence-electron chi connectivity index (χ1n) is 9.01. The number of carbonyl (C=O) groups excluding carboxylic acids is 1. The van der Waals surface area contributed by atoms with Crippen molar-refractivity contribution in [2.45, 2.75) is 32.6 Å². The molecule has 29 heavy (non-hydrogen) atoms. The highest BCUT2D eigenvalue weighted by Crippen LogP contribution is 2.25. The van der Waals surface area contributed by atoms with Crippen molar-refractivity contribution in [2.75, 3.05) is 0 Å². The van der Waals surface area contributed by atoms with Crippen LogP contribution < -0.4 is 5.32 Å². The van der Waals surface area contributed by atoms with Gasteiger partial charge in [-0.1, -0.05) is 30.3 Å². The Morgan fingerprint density at radius 1 is 1.10 bits per heavy atom. The van der Waals surface area contributed by atoms with Crippen LogP contribution in [0.15, 0.2) is 48.5 Å². The van der Waals surface area contributed by atoms with E-state index < -0.39 is 18.1 Å². The monoisotopic (exact) mass is 401 g/mol. The molecule has 1 amide bonds. The van der Waals surface area contributed by atoms with Gasteiger partial charge >= 0.3 is 6.18 Å². The largest absolute Gasteiger partial charge is 0.408 e. The van der Waals surface area contributed by atoms with E-state index >= 15 is 0 Å². The van der Waals surface area contributed by atoms with Gasteiger partial charge in [-0.25, -0.2) is 0 Å². The summed E-state index contributed by atoms with van der Waals surface area (Å²) in [5.41, 5.74) is 3.02. The third-order valence-corrected chi connectivity index (χ3v) is 4.85. The molecule has 0 fully saturated rings. The van der Waals surface area contributed by atoms with Crippen molar-refractivity contribution in [2.24, 2.45) is 0 Å². The molecule has 0 radical (unpaired) electrons. The molecule has 1 atom stereocenters. The Labute approximate surface area is 164 Å². The summed E-state index contributed by atoms with van der Waals surface area (Å²) in [6.07, 6.45) is -4.52. The molecule has 0 spiro atoms. The lowest BCUT2D eigenvalue weighted by molar-refractivity contribution is -0.149. The maximum absolute atomic E-state index is 13.0. The number of fused-ring (bicyclic) bond motifs is 3. The molecule has 1 aromatic carbocycles. The molecule has 6 nitrogen and oxygen atoms in total. The van der Waals surface area contributed by atoms with Crippen LogP contribution in [0.2, 0.25) is 0 Å². The average Bonchev–Trinajstić information content (AvgIpc) is 3.23. The molecule has 9 heteroatoms. The number of amides is 1. The van der Waals surface area contributed by atoms with Gasteiger partial charge < -0.3 is 9.88 Å². The maximum atomic E-state index is 13.0. The van der Waals surface area contributed by atoms with Crippen molar-refractivity contribution in [3.63, 3.8) is 0 Å². The van der Waals surface area contributed by atoms with E-state index in [-0.39, 0.29) is 5.69 Å². The van der Waals surface area contributed by atoms with Crippen LogP contribution in [-0.4, -0.2) is 37.3 Å². The van der Waals surface area contributed by atoms with Gasteiger partial charge in [0.15, 0.2) is 5.65 Å². The predicted molar refractivity (Wildman–Crippen MR) is 102 cm³/mol. The van der Waals surface area contributed by atoms with E-state index in [1.165, 1.54) is 0 Å².